The van der Waals surface area contributed by atoms with Crippen LogP contribution in [-0.4, -0.2) is 52.6 Å². The van der Waals surface area contributed by atoms with Gasteiger partial charge in [0.25, 0.3) is 5.91 Å². The number of carbonyl (C=O) groups is 1. The van der Waals surface area contributed by atoms with Crippen molar-refractivity contribution >= 4 is 30.7 Å². The van der Waals surface area contributed by atoms with E-state index in [1.54, 1.807) is 0 Å². The maximum atomic E-state index is 13.2. The molecule has 3 aromatic heterocycles. The molecule has 7 nitrogen and oxygen atoms in total. The lowest BCUT2D eigenvalue weighted by atomic mass is 9.96. The summed E-state index contributed by atoms with van der Waals surface area (Å²) in [5.74, 6) is 0.511. The SMILES string of the molecule is CC(c1ccc(C(=O)Nc2cc3c(cn2)cc(CN2CCC[C@@H]2C)n3COCC[Si](C)(C)C)cc1)c1ccccn1. The first-order chi connectivity index (χ1) is 19.7. The maximum Gasteiger partial charge on any atom is 0.256 e. The molecule has 0 spiro atoms. The van der Waals surface area contributed by atoms with E-state index in [1.807, 2.05) is 60.9 Å². The van der Waals surface area contributed by atoms with Gasteiger partial charge in [0.2, 0.25) is 0 Å². The summed E-state index contributed by atoms with van der Waals surface area (Å²) in [4.78, 5) is 24.8. The van der Waals surface area contributed by atoms with Gasteiger partial charge < -0.3 is 14.6 Å². The molecule has 1 aromatic carbocycles. The lowest BCUT2D eigenvalue weighted by Crippen LogP contribution is -2.27. The minimum atomic E-state index is -1.18. The van der Waals surface area contributed by atoms with Crippen LogP contribution < -0.4 is 5.32 Å². The summed E-state index contributed by atoms with van der Waals surface area (Å²) in [5.41, 5.74) is 4.98. The Kier molecular flexibility index (Phi) is 9.02. The van der Waals surface area contributed by atoms with Crippen LogP contribution in [0.25, 0.3) is 10.9 Å². The number of amides is 1. The molecule has 2 atom stereocenters. The Hall–Kier alpha value is -3.33. The molecule has 0 aliphatic carbocycles. The van der Waals surface area contributed by atoms with Gasteiger partial charge in [0, 0.05) is 74.0 Å². The van der Waals surface area contributed by atoms with Crippen molar-refractivity contribution in [2.24, 2.45) is 0 Å². The van der Waals surface area contributed by atoms with Gasteiger partial charge in [-0.3, -0.25) is 14.7 Å². The zero-order valence-electron chi connectivity index (χ0n) is 25.1. The van der Waals surface area contributed by atoms with Crippen LogP contribution in [-0.2, 0) is 18.0 Å². The van der Waals surface area contributed by atoms with Crippen molar-refractivity contribution in [2.45, 2.75) is 77.6 Å². The number of aromatic nitrogens is 3. The van der Waals surface area contributed by atoms with Crippen LogP contribution in [0, 0.1) is 0 Å². The second-order valence-electron chi connectivity index (χ2n) is 12.6. The highest BCUT2D eigenvalue weighted by atomic mass is 28.3. The second-order valence-corrected chi connectivity index (χ2v) is 18.2. The monoisotopic (exact) mass is 569 g/mol. The van der Waals surface area contributed by atoms with E-state index in [1.165, 1.54) is 18.5 Å². The standard InChI is InChI=1S/C33H43N5O2Si/c1-24-9-8-16-37(24)22-29-19-28-21-35-32(20-31(28)38(29)23-40-17-18-41(3,4)5)36-33(39)27-13-11-26(12-14-27)25(2)30-10-6-7-15-34-30/h6-7,10-15,19-21,24-25H,8-9,16-18,22-23H2,1-5H3,(H,35,36,39)/t24-,25?/m0/s1. The van der Waals surface area contributed by atoms with Crippen LogP contribution >= 0.6 is 0 Å². The Labute approximate surface area is 245 Å². The quantitative estimate of drug-likeness (QED) is 0.154. The zero-order valence-corrected chi connectivity index (χ0v) is 26.1. The Morgan fingerprint density at radius 1 is 1.12 bits per heavy atom. The topological polar surface area (TPSA) is 72.3 Å². The molecule has 1 unspecified atom stereocenters. The number of nitrogens with one attached hydrogen (secondary N) is 1. The van der Waals surface area contributed by atoms with Crippen LogP contribution in [0.1, 0.15) is 59.9 Å². The summed E-state index contributed by atoms with van der Waals surface area (Å²) in [6, 6.07) is 19.6. The summed E-state index contributed by atoms with van der Waals surface area (Å²) >= 11 is 0. The van der Waals surface area contributed by atoms with E-state index >= 15 is 0 Å². The molecule has 5 rings (SSSR count). The number of likely N-dealkylation sites (tertiary alicyclic amines) is 1. The van der Waals surface area contributed by atoms with Crippen molar-refractivity contribution in [2.75, 3.05) is 18.5 Å². The van der Waals surface area contributed by atoms with Crippen molar-refractivity contribution in [3.63, 3.8) is 0 Å². The molecule has 1 fully saturated rings. The summed E-state index contributed by atoms with van der Waals surface area (Å²) in [5, 5.41) is 4.07. The van der Waals surface area contributed by atoms with Gasteiger partial charge in [0.05, 0.1) is 5.52 Å². The molecular weight excluding hydrogens is 526 g/mol. The number of rotatable bonds is 11. The van der Waals surface area contributed by atoms with Gasteiger partial charge in [-0.05, 0) is 68.2 Å². The van der Waals surface area contributed by atoms with Crippen LogP contribution in [0.15, 0.2) is 67.0 Å². The van der Waals surface area contributed by atoms with E-state index in [2.05, 4.69) is 64.3 Å². The minimum absolute atomic E-state index is 0.149. The predicted molar refractivity (Wildman–Crippen MR) is 169 cm³/mol. The summed E-state index contributed by atoms with van der Waals surface area (Å²) in [6.45, 7) is 14.8. The van der Waals surface area contributed by atoms with Crippen molar-refractivity contribution in [1.82, 2.24) is 19.4 Å². The first-order valence-corrected chi connectivity index (χ1v) is 18.5. The van der Waals surface area contributed by atoms with Crippen molar-refractivity contribution in [3.05, 3.63) is 89.5 Å². The van der Waals surface area contributed by atoms with Gasteiger partial charge in [-0.25, -0.2) is 4.98 Å². The number of anilines is 1. The van der Waals surface area contributed by atoms with Gasteiger partial charge in [-0.1, -0.05) is 44.8 Å². The Balaban J connectivity index is 1.33. The fourth-order valence-electron chi connectivity index (χ4n) is 5.45. The van der Waals surface area contributed by atoms with E-state index in [4.69, 9.17) is 4.74 Å². The Morgan fingerprint density at radius 2 is 1.93 bits per heavy atom. The van der Waals surface area contributed by atoms with Gasteiger partial charge in [-0.2, -0.15) is 0 Å². The molecule has 1 saturated heterocycles. The molecular formula is C33H43N5O2Si. The average molecular weight is 570 g/mol. The van der Waals surface area contributed by atoms with Crippen molar-refractivity contribution in [1.29, 1.82) is 0 Å². The fourth-order valence-corrected chi connectivity index (χ4v) is 6.21. The van der Waals surface area contributed by atoms with Gasteiger partial charge in [0.1, 0.15) is 12.5 Å². The molecule has 41 heavy (non-hydrogen) atoms. The number of benzene rings is 1. The van der Waals surface area contributed by atoms with Gasteiger partial charge in [-0.15, -0.1) is 0 Å². The number of pyridine rings is 2. The molecule has 4 aromatic rings. The largest absolute Gasteiger partial charge is 0.361 e. The molecule has 1 aliphatic rings. The lowest BCUT2D eigenvalue weighted by molar-refractivity contribution is 0.0863. The highest BCUT2D eigenvalue weighted by Gasteiger charge is 2.23. The van der Waals surface area contributed by atoms with Gasteiger partial charge in [0.15, 0.2) is 0 Å². The number of fused-ring (bicyclic) bond motifs is 1. The highest BCUT2D eigenvalue weighted by Crippen LogP contribution is 2.27. The zero-order chi connectivity index (χ0) is 29.0. The molecule has 0 bridgehead atoms. The van der Waals surface area contributed by atoms with Gasteiger partial charge >= 0.3 is 0 Å². The number of hydrogen-bond acceptors (Lipinski definition) is 5. The fraction of sp³-hybridized carbons (Fsp3) is 0.424. The predicted octanol–water partition coefficient (Wildman–Crippen LogP) is 7.13. The number of hydrogen-bond donors (Lipinski definition) is 1. The van der Waals surface area contributed by atoms with E-state index in [0.29, 0.717) is 24.2 Å². The molecule has 1 amide bonds. The molecule has 216 valence electrons. The molecule has 1 aliphatic heterocycles. The smallest absolute Gasteiger partial charge is 0.256 e. The number of carbonyl (C=O) groups excluding carboxylic acids is 1. The second kappa shape index (κ2) is 12.7. The van der Waals surface area contributed by atoms with E-state index < -0.39 is 8.07 Å². The summed E-state index contributed by atoms with van der Waals surface area (Å²) < 4.78 is 8.47. The number of ether oxygens (including phenoxy) is 1. The molecule has 1 N–H and O–H groups in total. The van der Waals surface area contributed by atoms with Crippen LogP contribution in [0.4, 0.5) is 5.82 Å². The third-order valence-corrected chi connectivity index (χ3v) is 9.89. The summed E-state index contributed by atoms with van der Waals surface area (Å²) in [6.07, 6.45) is 6.16. The lowest BCUT2D eigenvalue weighted by Gasteiger charge is -2.22. The Morgan fingerprint density at radius 3 is 2.61 bits per heavy atom. The van der Waals surface area contributed by atoms with Crippen LogP contribution in [0.2, 0.25) is 25.7 Å². The molecule has 0 saturated carbocycles. The van der Waals surface area contributed by atoms with E-state index in [0.717, 1.165) is 47.9 Å². The van der Waals surface area contributed by atoms with Crippen LogP contribution in [0.5, 0.6) is 0 Å². The summed E-state index contributed by atoms with van der Waals surface area (Å²) in [7, 11) is -1.18. The first-order valence-electron chi connectivity index (χ1n) is 14.8. The Bertz CT molecular complexity index is 1460. The van der Waals surface area contributed by atoms with Crippen molar-refractivity contribution < 1.29 is 9.53 Å². The third kappa shape index (κ3) is 7.31. The van der Waals surface area contributed by atoms with Crippen molar-refractivity contribution in [3.8, 4) is 0 Å². The third-order valence-electron chi connectivity index (χ3n) is 8.19. The molecule has 4 heterocycles. The number of nitrogens with zero attached hydrogens (tertiary/aromatic N) is 4. The van der Waals surface area contributed by atoms with E-state index in [9.17, 15) is 4.79 Å². The average Bonchev–Trinajstić information content (AvgIpc) is 3.52. The van der Waals surface area contributed by atoms with Crippen LogP contribution in [0.3, 0.4) is 0 Å². The normalized spacial score (nSPS) is 16.8. The molecule has 0 radical (unpaired) electrons. The minimum Gasteiger partial charge on any atom is -0.361 e. The van der Waals surface area contributed by atoms with E-state index in [-0.39, 0.29) is 11.8 Å². The first kappa shape index (κ1) is 29.2. The maximum absolute atomic E-state index is 13.2. The molecule has 8 heteroatoms. The highest BCUT2D eigenvalue weighted by molar-refractivity contribution is 6.76.